The van der Waals surface area contributed by atoms with Crippen molar-refractivity contribution < 1.29 is 9.32 Å². The molecule has 1 atom stereocenters. The van der Waals surface area contributed by atoms with Crippen LogP contribution in [0.5, 0.6) is 0 Å². The largest absolute Gasteiger partial charge is 0.359 e. The van der Waals surface area contributed by atoms with Gasteiger partial charge in [-0.1, -0.05) is 12.1 Å². The third-order valence-electron chi connectivity index (χ3n) is 3.04. The van der Waals surface area contributed by atoms with Crippen molar-refractivity contribution in [2.24, 2.45) is 11.8 Å². The molecule has 0 aliphatic carbocycles. The summed E-state index contributed by atoms with van der Waals surface area (Å²) in [6, 6.07) is 1.64. The molecule has 0 saturated carbocycles. The number of carbonyl (C=O) groups is 1. The van der Waals surface area contributed by atoms with Crippen molar-refractivity contribution >= 4 is 5.91 Å². The minimum Gasteiger partial charge on any atom is -0.359 e. The highest BCUT2D eigenvalue weighted by atomic mass is 16.5. The Balaban J connectivity index is 1.94. The van der Waals surface area contributed by atoms with Crippen LogP contribution >= 0.6 is 0 Å². The van der Waals surface area contributed by atoms with Crippen LogP contribution in [0.1, 0.15) is 36.0 Å². The third kappa shape index (κ3) is 3.04. The fraction of sp³-hybridized carbons (Fsp3) is 0.636. The predicted molar refractivity (Wildman–Crippen MR) is 61.8 cm³/mol. The van der Waals surface area contributed by atoms with Crippen molar-refractivity contribution in [3.63, 3.8) is 0 Å². The van der Waals surface area contributed by atoms with E-state index in [2.05, 4.69) is 17.0 Å². The molecule has 6 nitrogen and oxygen atoms in total. The van der Waals surface area contributed by atoms with Gasteiger partial charge in [-0.15, -0.1) is 0 Å². The zero-order chi connectivity index (χ0) is 12.3. The van der Waals surface area contributed by atoms with Crippen LogP contribution in [0, 0.1) is 5.92 Å². The van der Waals surface area contributed by atoms with Crippen LogP contribution in [0.15, 0.2) is 10.6 Å². The summed E-state index contributed by atoms with van der Waals surface area (Å²) >= 11 is 0. The molecule has 0 bridgehead atoms. The molecule has 2 rings (SSSR count). The number of nitrogens with one attached hydrogen (secondary N) is 1. The van der Waals surface area contributed by atoms with Crippen molar-refractivity contribution in [1.29, 1.82) is 0 Å². The zero-order valence-corrected chi connectivity index (χ0v) is 9.98. The Labute approximate surface area is 100 Å². The van der Waals surface area contributed by atoms with E-state index in [0.717, 1.165) is 19.0 Å². The minimum atomic E-state index is -0.424. The fourth-order valence-electron chi connectivity index (χ4n) is 2.22. The maximum absolute atomic E-state index is 11.2. The van der Waals surface area contributed by atoms with Crippen LogP contribution in [0.25, 0.3) is 0 Å². The molecule has 1 fully saturated rings. The van der Waals surface area contributed by atoms with Gasteiger partial charge in [-0.25, -0.2) is 5.84 Å². The Hall–Kier alpha value is -1.40. The number of nitrogen functional groups attached to an aromatic ring is 1. The lowest BCUT2D eigenvalue weighted by Gasteiger charge is -2.29. The summed E-state index contributed by atoms with van der Waals surface area (Å²) in [5.74, 6) is 6.03. The number of hydrogen-bond donors (Lipinski definition) is 2. The average molecular weight is 238 g/mol. The van der Waals surface area contributed by atoms with E-state index in [0.29, 0.717) is 12.3 Å². The van der Waals surface area contributed by atoms with E-state index < -0.39 is 5.91 Å². The molecular formula is C11H18N4O2. The van der Waals surface area contributed by atoms with E-state index in [1.807, 2.05) is 5.43 Å². The molecule has 2 heterocycles. The Morgan fingerprint density at radius 1 is 1.76 bits per heavy atom. The number of hydrazine groups is 1. The Morgan fingerprint density at radius 3 is 3.29 bits per heavy atom. The molecule has 0 radical (unpaired) electrons. The van der Waals surface area contributed by atoms with Gasteiger partial charge in [-0.2, -0.15) is 0 Å². The van der Waals surface area contributed by atoms with Gasteiger partial charge < -0.3 is 4.52 Å². The molecule has 1 aliphatic rings. The first-order valence-corrected chi connectivity index (χ1v) is 5.88. The van der Waals surface area contributed by atoms with Crippen molar-refractivity contribution in [3.05, 3.63) is 17.5 Å². The average Bonchev–Trinajstić information content (AvgIpc) is 2.76. The maximum Gasteiger partial charge on any atom is 0.287 e. The summed E-state index contributed by atoms with van der Waals surface area (Å²) in [5.41, 5.74) is 2.26. The summed E-state index contributed by atoms with van der Waals surface area (Å²) in [4.78, 5) is 13.5. The summed E-state index contributed by atoms with van der Waals surface area (Å²) in [7, 11) is 0. The lowest BCUT2D eigenvalue weighted by Crippen LogP contribution is -2.33. The van der Waals surface area contributed by atoms with Crippen molar-refractivity contribution in [2.45, 2.75) is 26.3 Å². The highest BCUT2D eigenvalue weighted by Crippen LogP contribution is 2.18. The number of amides is 1. The van der Waals surface area contributed by atoms with Gasteiger partial charge >= 0.3 is 0 Å². The van der Waals surface area contributed by atoms with Gasteiger partial charge in [0, 0.05) is 12.6 Å². The Bertz CT molecular complexity index is 391. The van der Waals surface area contributed by atoms with Crippen molar-refractivity contribution in [1.82, 2.24) is 15.5 Å². The number of nitrogens with zero attached hydrogens (tertiary/aromatic N) is 2. The lowest BCUT2D eigenvalue weighted by atomic mass is 10.0. The molecule has 1 saturated heterocycles. The lowest BCUT2D eigenvalue weighted by molar-refractivity contribution is 0.0944. The Kier molecular flexibility index (Phi) is 3.75. The Morgan fingerprint density at radius 2 is 2.59 bits per heavy atom. The number of hydrogen-bond acceptors (Lipinski definition) is 5. The number of piperidine rings is 1. The summed E-state index contributed by atoms with van der Waals surface area (Å²) < 4.78 is 5.12. The standard InChI is InChI=1S/C11H18N4O2/c1-8-3-2-4-15(6-8)7-9-5-10(14-17-9)11(16)13-12/h5,8H,2-4,6-7,12H2,1H3,(H,13,16). The van der Waals surface area contributed by atoms with Gasteiger partial charge in [0.15, 0.2) is 11.5 Å². The zero-order valence-electron chi connectivity index (χ0n) is 9.98. The first-order chi connectivity index (χ1) is 8.19. The monoisotopic (exact) mass is 238 g/mol. The second-order valence-electron chi connectivity index (χ2n) is 4.63. The van der Waals surface area contributed by atoms with Gasteiger partial charge in [0.2, 0.25) is 0 Å². The van der Waals surface area contributed by atoms with Gasteiger partial charge in [0.05, 0.1) is 6.54 Å². The van der Waals surface area contributed by atoms with Gasteiger partial charge in [0.1, 0.15) is 0 Å². The van der Waals surface area contributed by atoms with Crippen LogP contribution in [-0.2, 0) is 6.54 Å². The maximum atomic E-state index is 11.2. The summed E-state index contributed by atoms with van der Waals surface area (Å²) in [6.07, 6.45) is 2.50. The molecule has 1 aliphatic heterocycles. The van der Waals surface area contributed by atoms with Crippen LogP contribution < -0.4 is 11.3 Å². The van der Waals surface area contributed by atoms with Crippen LogP contribution in [0.4, 0.5) is 0 Å². The quantitative estimate of drug-likeness (QED) is 0.455. The molecule has 3 N–H and O–H groups in total. The molecule has 1 aromatic heterocycles. The van der Waals surface area contributed by atoms with E-state index in [-0.39, 0.29) is 5.69 Å². The first-order valence-electron chi connectivity index (χ1n) is 5.88. The van der Waals surface area contributed by atoms with E-state index in [4.69, 9.17) is 10.4 Å². The van der Waals surface area contributed by atoms with Gasteiger partial charge in [-0.3, -0.25) is 15.1 Å². The molecule has 0 aromatic carbocycles. The predicted octanol–water partition coefficient (Wildman–Crippen LogP) is 0.510. The summed E-state index contributed by atoms with van der Waals surface area (Å²) in [5, 5.41) is 3.68. The van der Waals surface area contributed by atoms with E-state index in [9.17, 15) is 4.79 Å². The highest BCUT2D eigenvalue weighted by Gasteiger charge is 2.19. The van der Waals surface area contributed by atoms with Crippen LogP contribution in [0.3, 0.4) is 0 Å². The number of nitrogens with two attached hydrogens (primary N) is 1. The van der Waals surface area contributed by atoms with Crippen molar-refractivity contribution in [2.75, 3.05) is 13.1 Å². The normalized spacial score (nSPS) is 21.4. The molecule has 94 valence electrons. The molecule has 6 heteroatoms. The molecule has 0 spiro atoms. The molecule has 1 amide bonds. The number of rotatable bonds is 3. The SMILES string of the molecule is CC1CCCN(Cc2cc(C(=O)NN)no2)C1. The second kappa shape index (κ2) is 5.29. The second-order valence-corrected chi connectivity index (χ2v) is 4.63. The summed E-state index contributed by atoms with van der Waals surface area (Å²) in [6.45, 7) is 5.09. The minimum absolute atomic E-state index is 0.229. The van der Waals surface area contributed by atoms with E-state index in [1.54, 1.807) is 6.07 Å². The topological polar surface area (TPSA) is 84.4 Å². The molecule has 1 aromatic rings. The smallest absolute Gasteiger partial charge is 0.287 e. The molecule has 1 unspecified atom stereocenters. The van der Waals surface area contributed by atoms with Crippen molar-refractivity contribution in [3.8, 4) is 0 Å². The fourth-order valence-corrected chi connectivity index (χ4v) is 2.22. The van der Waals surface area contributed by atoms with Gasteiger partial charge in [0.25, 0.3) is 5.91 Å². The first kappa shape index (κ1) is 12.1. The number of carbonyl (C=O) groups excluding carboxylic acids is 1. The molecular weight excluding hydrogens is 220 g/mol. The van der Waals surface area contributed by atoms with Gasteiger partial charge in [-0.05, 0) is 25.3 Å². The number of aromatic nitrogens is 1. The van der Waals surface area contributed by atoms with Crippen LogP contribution in [0.2, 0.25) is 0 Å². The van der Waals surface area contributed by atoms with Crippen LogP contribution in [-0.4, -0.2) is 29.1 Å². The molecule has 17 heavy (non-hydrogen) atoms. The highest BCUT2D eigenvalue weighted by molar-refractivity contribution is 5.91. The van der Waals surface area contributed by atoms with E-state index in [1.165, 1.54) is 12.8 Å². The van der Waals surface area contributed by atoms with E-state index >= 15 is 0 Å². The third-order valence-corrected chi connectivity index (χ3v) is 3.04. The number of likely N-dealkylation sites (tertiary alicyclic amines) is 1.